The Bertz CT molecular complexity index is 1420. The molecule has 0 saturated heterocycles. The molecule has 0 spiro atoms. The highest BCUT2D eigenvalue weighted by Crippen LogP contribution is 2.39. The molecular formula is C30H28O6S. The first-order valence-corrected chi connectivity index (χ1v) is 13.9. The van der Waals surface area contributed by atoms with Gasteiger partial charge in [-0.25, -0.2) is 0 Å². The van der Waals surface area contributed by atoms with Crippen molar-refractivity contribution >= 4 is 10.1 Å². The lowest BCUT2D eigenvalue weighted by Gasteiger charge is -2.33. The molecule has 0 unspecified atom stereocenters. The van der Waals surface area contributed by atoms with Crippen LogP contribution in [0.5, 0.6) is 17.2 Å². The molecule has 0 amide bonds. The fourth-order valence-electron chi connectivity index (χ4n) is 4.27. The summed E-state index contributed by atoms with van der Waals surface area (Å²) in [5, 5.41) is 0. The molecule has 1 aliphatic heterocycles. The normalized spacial score (nSPS) is 16.9. The zero-order valence-corrected chi connectivity index (χ0v) is 21.3. The second kappa shape index (κ2) is 11.1. The molecule has 6 nitrogen and oxygen atoms in total. The zero-order valence-electron chi connectivity index (χ0n) is 20.4. The number of ether oxygens (including phenoxy) is 3. The summed E-state index contributed by atoms with van der Waals surface area (Å²) in [6, 6.07) is 32.9. The second-order valence-corrected chi connectivity index (χ2v) is 10.6. The van der Waals surface area contributed by atoms with Crippen LogP contribution in [-0.2, 0) is 33.9 Å². The van der Waals surface area contributed by atoms with Crippen LogP contribution < -0.4 is 14.2 Å². The number of hydrogen-bond acceptors (Lipinski definition) is 6. The molecule has 0 saturated carbocycles. The zero-order chi connectivity index (χ0) is 25.7. The van der Waals surface area contributed by atoms with Crippen LogP contribution in [0.4, 0.5) is 0 Å². The highest BCUT2D eigenvalue weighted by Gasteiger charge is 2.35. The van der Waals surface area contributed by atoms with E-state index in [0.717, 1.165) is 28.5 Å². The predicted octanol–water partition coefficient (Wildman–Crippen LogP) is 5.87. The summed E-state index contributed by atoms with van der Waals surface area (Å²) in [6.45, 7) is 0.895. The fourth-order valence-corrected chi connectivity index (χ4v) is 4.88. The van der Waals surface area contributed by atoms with E-state index in [1.165, 1.54) is 0 Å². The van der Waals surface area contributed by atoms with Gasteiger partial charge in [0.15, 0.2) is 6.10 Å². The van der Waals surface area contributed by atoms with Crippen LogP contribution in [0.25, 0.3) is 0 Å². The Kier molecular flexibility index (Phi) is 7.44. The third-order valence-corrected chi connectivity index (χ3v) is 6.65. The quantitative estimate of drug-likeness (QED) is 0.259. The molecule has 0 radical (unpaired) electrons. The summed E-state index contributed by atoms with van der Waals surface area (Å²) in [5.41, 5.74) is 3.79. The van der Waals surface area contributed by atoms with Crippen LogP contribution in [0.2, 0.25) is 0 Å². The lowest BCUT2D eigenvalue weighted by molar-refractivity contribution is 0.0423. The van der Waals surface area contributed by atoms with Gasteiger partial charge in [-0.3, -0.25) is 4.18 Å². The summed E-state index contributed by atoms with van der Waals surface area (Å²) in [7, 11) is -3.69. The molecule has 7 heteroatoms. The van der Waals surface area contributed by atoms with Crippen molar-refractivity contribution in [2.75, 3.05) is 6.26 Å². The molecule has 1 heterocycles. The number of hydrogen-bond donors (Lipinski definition) is 0. The molecule has 0 fully saturated rings. The third-order valence-electron chi connectivity index (χ3n) is 6.06. The van der Waals surface area contributed by atoms with Gasteiger partial charge in [-0.05, 0) is 40.5 Å². The van der Waals surface area contributed by atoms with Crippen LogP contribution in [0.1, 0.15) is 28.4 Å². The molecule has 0 aromatic heterocycles. The van der Waals surface area contributed by atoms with Crippen molar-refractivity contribution in [3.05, 3.63) is 125 Å². The fraction of sp³-hybridized carbons (Fsp3) is 0.200. The van der Waals surface area contributed by atoms with Crippen LogP contribution in [-0.4, -0.2) is 20.8 Å². The molecule has 0 aliphatic carbocycles. The Balaban J connectivity index is 1.33. The van der Waals surface area contributed by atoms with Gasteiger partial charge in [0.1, 0.15) is 36.6 Å². The van der Waals surface area contributed by atoms with E-state index in [1.54, 1.807) is 0 Å². The Hall–Kier alpha value is -3.81. The van der Waals surface area contributed by atoms with E-state index in [9.17, 15) is 8.42 Å². The summed E-state index contributed by atoms with van der Waals surface area (Å²) in [6.07, 6.45) is 0.128. The van der Waals surface area contributed by atoms with Gasteiger partial charge < -0.3 is 14.2 Å². The maximum atomic E-state index is 12.0. The summed E-state index contributed by atoms with van der Waals surface area (Å²) >= 11 is 0. The monoisotopic (exact) mass is 516 g/mol. The Labute approximate surface area is 217 Å². The topological polar surface area (TPSA) is 71.1 Å². The molecule has 0 bridgehead atoms. The Morgan fingerprint density at radius 2 is 1.32 bits per heavy atom. The number of fused-ring (bicyclic) bond motifs is 1. The van der Waals surface area contributed by atoms with Gasteiger partial charge in [0.25, 0.3) is 10.1 Å². The maximum absolute atomic E-state index is 12.0. The van der Waals surface area contributed by atoms with Crippen molar-refractivity contribution in [2.24, 2.45) is 0 Å². The van der Waals surface area contributed by atoms with Crippen molar-refractivity contribution in [1.29, 1.82) is 0 Å². The molecule has 4 aromatic carbocycles. The van der Waals surface area contributed by atoms with Crippen LogP contribution in [0.15, 0.2) is 103 Å². The molecule has 2 atom stereocenters. The molecule has 5 rings (SSSR count). The van der Waals surface area contributed by atoms with E-state index in [4.69, 9.17) is 18.4 Å². The summed E-state index contributed by atoms with van der Waals surface area (Å²) in [4.78, 5) is 0. The van der Waals surface area contributed by atoms with Crippen molar-refractivity contribution in [3.63, 3.8) is 0 Å². The van der Waals surface area contributed by atoms with Crippen molar-refractivity contribution in [3.8, 4) is 17.2 Å². The summed E-state index contributed by atoms with van der Waals surface area (Å²) < 4.78 is 47.7. The van der Waals surface area contributed by atoms with E-state index in [-0.39, 0.29) is 0 Å². The largest absolute Gasteiger partial charge is 0.489 e. The predicted molar refractivity (Wildman–Crippen MR) is 141 cm³/mol. The number of benzene rings is 4. The molecule has 37 heavy (non-hydrogen) atoms. The lowest BCUT2D eigenvalue weighted by Crippen LogP contribution is -2.34. The highest BCUT2D eigenvalue weighted by molar-refractivity contribution is 7.86. The minimum absolute atomic E-state index is 0.387. The maximum Gasteiger partial charge on any atom is 0.264 e. The SMILES string of the molecule is CS(=O)(=O)O[C@H]1Cc2ccc(OCc3ccccc3)cc2O[C@@H]1c1ccc(OCc2ccccc2)cc1. The number of rotatable bonds is 9. The minimum atomic E-state index is -3.69. The van der Waals surface area contributed by atoms with E-state index in [2.05, 4.69) is 0 Å². The van der Waals surface area contributed by atoms with Crippen molar-refractivity contribution in [1.82, 2.24) is 0 Å². The van der Waals surface area contributed by atoms with Crippen LogP contribution in [0, 0.1) is 0 Å². The van der Waals surface area contributed by atoms with Crippen LogP contribution in [0.3, 0.4) is 0 Å². The van der Waals surface area contributed by atoms with Gasteiger partial charge in [-0.15, -0.1) is 0 Å². The molecule has 190 valence electrons. The van der Waals surface area contributed by atoms with E-state index >= 15 is 0 Å². The minimum Gasteiger partial charge on any atom is -0.489 e. The third kappa shape index (κ3) is 6.70. The standard InChI is InChI=1S/C30H28O6S/c1-37(31,32)36-29-18-25-14-17-27(34-21-23-10-6-3-7-11-23)19-28(25)35-30(29)24-12-15-26(16-13-24)33-20-22-8-4-2-5-9-22/h2-17,19,29-30H,18,20-21H2,1H3/t29-,30+/m0/s1. The second-order valence-electron chi connectivity index (χ2n) is 8.97. The van der Waals surface area contributed by atoms with Gasteiger partial charge in [0.2, 0.25) is 0 Å². The van der Waals surface area contributed by atoms with Crippen molar-refractivity contribution in [2.45, 2.75) is 31.8 Å². The Morgan fingerprint density at radius 1 is 0.757 bits per heavy atom. The van der Waals surface area contributed by atoms with E-state index < -0.39 is 22.3 Å². The van der Waals surface area contributed by atoms with Crippen LogP contribution >= 0.6 is 0 Å². The smallest absolute Gasteiger partial charge is 0.264 e. The molecule has 1 aliphatic rings. The lowest BCUT2D eigenvalue weighted by atomic mass is 9.94. The average Bonchev–Trinajstić information content (AvgIpc) is 2.91. The average molecular weight is 517 g/mol. The summed E-state index contributed by atoms with van der Waals surface area (Å²) in [5.74, 6) is 2.03. The molecule has 4 aromatic rings. The van der Waals surface area contributed by atoms with E-state index in [0.29, 0.717) is 36.9 Å². The van der Waals surface area contributed by atoms with Crippen molar-refractivity contribution < 1.29 is 26.8 Å². The first-order chi connectivity index (χ1) is 17.9. The van der Waals surface area contributed by atoms with Gasteiger partial charge in [-0.2, -0.15) is 8.42 Å². The van der Waals surface area contributed by atoms with E-state index in [1.807, 2.05) is 103 Å². The molecular weight excluding hydrogens is 488 g/mol. The Morgan fingerprint density at radius 3 is 1.92 bits per heavy atom. The van der Waals surface area contributed by atoms with Gasteiger partial charge in [-0.1, -0.05) is 78.9 Å². The van der Waals surface area contributed by atoms with Gasteiger partial charge in [0.05, 0.1) is 6.26 Å². The highest BCUT2D eigenvalue weighted by atomic mass is 32.2. The first kappa shape index (κ1) is 24.9. The van der Waals surface area contributed by atoms with Gasteiger partial charge >= 0.3 is 0 Å². The molecule has 0 N–H and O–H groups in total. The van der Waals surface area contributed by atoms with Gasteiger partial charge in [0, 0.05) is 12.5 Å². The first-order valence-electron chi connectivity index (χ1n) is 12.0.